The Hall–Kier alpha value is -2.66. The van der Waals surface area contributed by atoms with E-state index < -0.39 is 0 Å². The van der Waals surface area contributed by atoms with E-state index >= 15 is 0 Å². The maximum absolute atomic E-state index is 12.9. The molecule has 3 aromatic rings. The quantitative estimate of drug-likeness (QED) is 0.719. The largest absolute Gasteiger partial charge is 0.306 e. The third-order valence-electron chi connectivity index (χ3n) is 4.20. The van der Waals surface area contributed by atoms with E-state index in [-0.39, 0.29) is 12.5 Å². The molecule has 0 radical (unpaired) electrons. The van der Waals surface area contributed by atoms with Crippen LogP contribution in [0.5, 0.6) is 0 Å². The molecule has 0 bridgehead atoms. The summed E-state index contributed by atoms with van der Waals surface area (Å²) in [5.41, 5.74) is 2.70. The summed E-state index contributed by atoms with van der Waals surface area (Å²) in [7, 11) is 0. The second kappa shape index (κ2) is 5.76. The van der Waals surface area contributed by atoms with Crippen molar-refractivity contribution in [1.29, 1.82) is 0 Å². The van der Waals surface area contributed by atoms with Gasteiger partial charge in [-0.3, -0.25) is 4.79 Å². The number of hydrogen-bond acceptors (Lipinski definition) is 3. The van der Waals surface area contributed by atoms with E-state index in [1.54, 1.807) is 11.0 Å². The molecule has 0 spiro atoms. The highest BCUT2D eigenvalue weighted by molar-refractivity contribution is 6.31. The summed E-state index contributed by atoms with van der Waals surface area (Å²) in [4.78, 5) is 14.7. The zero-order valence-electron chi connectivity index (χ0n) is 13.1. The third kappa shape index (κ3) is 2.47. The van der Waals surface area contributed by atoms with Crippen LogP contribution in [0, 0.1) is 6.92 Å². The van der Waals surface area contributed by atoms with Crippen LogP contribution < -0.4 is 4.90 Å². The first kappa shape index (κ1) is 14.9. The number of aryl methyl sites for hydroxylation is 1. The highest BCUT2D eigenvalue weighted by Crippen LogP contribution is 2.36. The van der Waals surface area contributed by atoms with Crippen LogP contribution in [0.3, 0.4) is 0 Å². The molecule has 120 valence electrons. The first-order valence-corrected chi connectivity index (χ1v) is 8.05. The summed E-state index contributed by atoms with van der Waals surface area (Å²) in [6.45, 7) is 2.57. The van der Waals surface area contributed by atoms with Crippen LogP contribution >= 0.6 is 11.6 Å². The number of hydrogen-bond donors (Lipinski definition) is 0. The van der Waals surface area contributed by atoms with Crippen molar-refractivity contribution in [2.45, 2.75) is 20.0 Å². The Morgan fingerprint density at radius 2 is 1.92 bits per heavy atom. The predicted octanol–water partition coefficient (Wildman–Crippen LogP) is 3.45. The molecule has 1 amide bonds. The lowest BCUT2D eigenvalue weighted by molar-refractivity contribution is -0.119. The van der Waals surface area contributed by atoms with E-state index in [0.29, 0.717) is 23.2 Å². The first-order valence-electron chi connectivity index (χ1n) is 7.67. The highest BCUT2D eigenvalue weighted by atomic mass is 35.5. The standard InChI is InChI=1S/C18H15ClN4O/c1-12-20-21-18-15-9-14(19)7-8-16(15)23(17(24)11-22(12)18)10-13-5-3-2-4-6-13/h2-9H,10-11H2,1H3. The van der Waals surface area contributed by atoms with Crippen molar-refractivity contribution in [3.05, 3.63) is 64.9 Å². The van der Waals surface area contributed by atoms with Gasteiger partial charge in [-0.25, -0.2) is 0 Å². The molecule has 2 aromatic carbocycles. The van der Waals surface area contributed by atoms with E-state index in [1.165, 1.54) is 0 Å². The van der Waals surface area contributed by atoms with Crippen molar-refractivity contribution >= 4 is 23.2 Å². The summed E-state index contributed by atoms with van der Waals surface area (Å²) in [5, 5.41) is 8.97. The number of benzene rings is 2. The second-order valence-electron chi connectivity index (χ2n) is 5.78. The number of carbonyl (C=O) groups excluding carboxylic acids is 1. The maximum atomic E-state index is 12.9. The summed E-state index contributed by atoms with van der Waals surface area (Å²) in [5.74, 6) is 1.39. The number of amides is 1. The average molecular weight is 339 g/mol. The van der Waals surface area contributed by atoms with Crippen LogP contribution in [0.2, 0.25) is 5.02 Å². The lowest BCUT2D eigenvalue weighted by atomic mass is 10.1. The molecule has 0 saturated heterocycles. The van der Waals surface area contributed by atoms with Crippen LogP contribution in [0.4, 0.5) is 5.69 Å². The molecule has 0 aliphatic carbocycles. The van der Waals surface area contributed by atoms with E-state index in [2.05, 4.69) is 10.2 Å². The molecular formula is C18H15ClN4O. The fourth-order valence-corrected chi connectivity index (χ4v) is 3.16. The van der Waals surface area contributed by atoms with Crippen molar-refractivity contribution in [2.75, 3.05) is 4.90 Å². The number of anilines is 1. The Morgan fingerprint density at radius 3 is 2.71 bits per heavy atom. The molecule has 24 heavy (non-hydrogen) atoms. The van der Waals surface area contributed by atoms with E-state index in [9.17, 15) is 4.79 Å². The van der Waals surface area contributed by atoms with Crippen LogP contribution in [-0.4, -0.2) is 20.7 Å². The van der Waals surface area contributed by atoms with Crippen LogP contribution in [0.25, 0.3) is 11.4 Å². The van der Waals surface area contributed by atoms with Crippen LogP contribution in [-0.2, 0) is 17.9 Å². The molecule has 0 fully saturated rings. The van der Waals surface area contributed by atoms with Gasteiger partial charge in [0, 0.05) is 10.6 Å². The van der Waals surface area contributed by atoms with Gasteiger partial charge in [0.15, 0.2) is 5.82 Å². The van der Waals surface area contributed by atoms with Gasteiger partial charge in [-0.2, -0.15) is 0 Å². The molecular weight excluding hydrogens is 324 g/mol. The van der Waals surface area contributed by atoms with Gasteiger partial charge in [0.1, 0.15) is 12.4 Å². The third-order valence-corrected chi connectivity index (χ3v) is 4.44. The van der Waals surface area contributed by atoms with Crippen LogP contribution in [0.15, 0.2) is 48.5 Å². The lowest BCUT2D eigenvalue weighted by Crippen LogP contribution is -2.32. The second-order valence-corrected chi connectivity index (χ2v) is 6.22. The molecule has 1 aliphatic rings. The molecule has 0 saturated carbocycles. The Labute approximate surface area is 144 Å². The zero-order valence-corrected chi connectivity index (χ0v) is 13.9. The number of fused-ring (bicyclic) bond motifs is 3. The van der Waals surface area contributed by atoms with Crippen molar-refractivity contribution in [2.24, 2.45) is 0 Å². The fraction of sp³-hybridized carbons (Fsp3) is 0.167. The highest BCUT2D eigenvalue weighted by Gasteiger charge is 2.28. The van der Waals surface area contributed by atoms with Crippen molar-refractivity contribution < 1.29 is 4.79 Å². The minimum Gasteiger partial charge on any atom is -0.306 e. The van der Waals surface area contributed by atoms with Gasteiger partial charge in [-0.1, -0.05) is 41.9 Å². The minimum atomic E-state index is 0.00377. The Bertz CT molecular complexity index is 920. The summed E-state index contributed by atoms with van der Waals surface area (Å²) >= 11 is 6.19. The number of aromatic nitrogens is 3. The van der Waals surface area contributed by atoms with E-state index in [0.717, 1.165) is 16.8 Å². The molecule has 5 nitrogen and oxygen atoms in total. The summed E-state index contributed by atoms with van der Waals surface area (Å²) in [6.07, 6.45) is 0. The molecule has 2 heterocycles. The number of carbonyl (C=O) groups is 1. The van der Waals surface area contributed by atoms with Crippen molar-refractivity contribution in [3.8, 4) is 11.4 Å². The fourth-order valence-electron chi connectivity index (χ4n) is 2.99. The number of halogens is 1. The van der Waals surface area contributed by atoms with Gasteiger partial charge < -0.3 is 9.47 Å². The van der Waals surface area contributed by atoms with Crippen LogP contribution in [0.1, 0.15) is 11.4 Å². The van der Waals surface area contributed by atoms with E-state index in [4.69, 9.17) is 11.6 Å². The Kier molecular flexibility index (Phi) is 3.58. The Morgan fingerprint density at radius 1 is 1.12 bits per heavy atom. The van der Waals surface area contributed by atoms with Gasteiger partial charge in [0.05, 0.1) is 12.2 Å². The van der Waals surface area contributed by atoms with Gasteiger partial charge >= 0.3 is 0 Å². The minimum absolute atomic E-state index is 0.00377. The topological polar surface area (TPSA) is 51.0 Å². The number of nitrogens with zero attached hydrogens (tertiary/aromatic N) is 4. The van der Waals surface area contributed by atoms with Crippen molar-refractivity contribution in [3.63, 3.8) is 0 Å². The molecule has 0 unspecified atom stereocenters. The smallest absolute Gasteiger partial charge is 0.247 e. The number of rotatable bonds is 2. The Balaban J connectivity index is 1.87. The molecule has 6 heteroatoms. The van der Waals surface area contributed by atoms with Gasteiger partial charge in [0.2, 0.25) is 5.91 Å². The normalized spacial score (nSPS) is 13.4. The van der Waals surface area contributed by atoms with Crippen molar-refractivity contribution in [1.82, 2.24) is 14.8 Å². The monoisotopic (exact) mass is 338 g/mol. The molecule has 0 atom stereocenters. The molecule has 1 aromatic heterocycles. The van der Waals surface area contributed by atoms with Gasteiger partial charge in [-0.05, 0) is 30.7 Å². The zero-order chi connectivity index (χ0) is 16.7. The molecule has 0 N–H and O–H groups in total. The predicted molar refractivity (Wildman–Crippen MR) is 92.8 cm³/mol. The molecule has 4 rings (SSSR count). The molecule has 1 aliphatic heterocycles. The first-order chi connectivity index (χ1) is 11.6. The SMILES string of the molecule is Cc1nnc2n1CC(=O)N(Cc1ccccc1)c1ccc(Cl)cc1-2. The van der Waals surface area contributed by atoms with Gasteiger partial charge in [-0.15, -0.1) is 10.2 Å². The average Bonchev–Trinajstić information content (AvgIpc) is 2.89. The lowest BCUT2D eigenvalue weighted by Gasteiger charge is -2.23. The van der Waals surface area contributed by atoms with Gasteiger partial charge in [0.25, 0.3) is 0 Å². The summed E-state index contributed by atoms with van der Waals surface area (Å²) < 4.78 is 1.84. The maximum Gasteiger partial charge on any atom is 0.247 e. The summed E-state index contributed by atoms with van der Waals surface area (Å²) in [6, 6.07) is 15.4. The van der Waals surface area contributed by atoms with E-state index in [1.807, 2.05) is 54.0 Å².